The highest BCUT2D eigenvalue weighted by atomic mass is 35.5. The van der Waals surface area contributed by atoms with Gasteiger partial charge in [0.25, 0.3) is 0 Å². The third kappa shape index (κ3) is 7.41. The van der Waals surface area contributed by atoms with Crippen molar-refractivity contribution < 1.29 is 23.9 Å². The maximum atomic E-state index is 12.4. The second kappa shape index (κ2) is 12.3. The smallest absolute Gasteiger partial charge is 0.343 e. The zero-order valence-corrected chi connectivity index (χ0v) is 20.0. The Morgan fingerprint density at radius 3 is 2.29 bits per heavy atom. The van der Waals surface area contributed by atoms with E-state index in [0.29, 0.717) is 34.2 Å². The van der Waals surface area contributed by atoms with Gasteiger partial charge in [0.05, 0.1) is 18.4 Å². The van der Waals surface area contributed by atoms with Gasteiger partial charge in [-0.1, -0.05) is 30.7 Å². The minimum atomic E-state index is -0.917. The average molecular weight is 494 g/mol. The lowest BCUT2D eigenvalue weighted by Gasteiger charge is -2.11. The lowest BCUT2D eigenvalue weighted by atomic mass is 10.1. The van der Waals surface area contributed by atoms with E-state index in [1.807, 2.05) is 19.1 Å². The molecule has 0 radical (unpaired) electrons. The molecule has 3 aromatic rings. The topological polar surface area (TPSA) is 106 Å². The SMILES string of the molecule is CCOc1cc(C=NNC(=O)C(=O)Nc2ccc(CC)cc2)ccc1OC(=O)c1ccc(Cl)cc1. The molecule has 2 N–H and O–H groups in total. The van der Waals surface area contributed by atoms with Crippen molar-refractivity contribution in [1.29, 1.82) is 0 Å². The van der Waals surface area contributed by atoms with Gasteiger partial charge >= 0.3 is 17.8 Å². The molecule has 0 heterocycles. The highest BCUT2D eigenvalue weighted by Crippen LogP contribution is 2.29. The Morgan fingerprint density at radius 1 is 0.914 bits per heavy atom. The largest absolute Gasteiger partial charge is 0.490 e. The number of anilines is 1. The Labute approximate surface area is 207 Å². The third-order valence-electron chi connectivity index (χ3n) is 4.76. The van der Waals surface area contributed by atoms with Crippen molar-refractivity contribution in [3.05, 3.63) is 88.4 Å². The summed E-state index contributed by atoms with van der Waals surface area (Å²) >= 11 is 5.85. The van der Waals surface area contributed by atoms with Crippen molar-refractivity contribution in [3.8, 4) is 11.5 Å². The fourth-order valence-corrected chi connectivity index (χ4v) is 3.06. The van der Waals surface area contributed by atoms with Crippen LogP contribution in [0.2, 0.25) is 5.02 Å². The number of carbonyl (C=O) groups excluding carboxylic acids is 3. The van der Waals surface area contributed by atoms with Gasteiger partial charge in [-0.25, -0.2) is 10.2 Å². The van der Waals surface area contributed by atoms with Crippen LogP contribution in [0.25, 0.3) is 0 Å². The Balaban J connectivity index is 1.61. The first-order chi connectivity index (χ1) is 16.9. The van der Waals surface area contributed by atoms with Gasteiger partial charge in [-0.15, -0.1) is 0 Å². The monoisotopic (exact) mass is 493 g/mol. The summed E-state index contributed by atoms with van der Waals surface area (Å²) in [6.07, 6.45) is 2.22. The molecule has 0 unspecified atom stereocenters. The lowest BCUT2D eigenvalue weighted by Crippen LogP contribution is -2.32. The summed E-state index contributed by atoms with van der Waals surface area (Å²) in [5, 5.41) is 6.84. The number of aryl methyl sites for hydroxylation is 1. The highest BCUT2D eigenvalue weighted by Gasteiger charge is 2.14. The Kier molecular flexibility index (Phi) is 8.97. The number of nitrogens with one attached hydrogen (secondary N) is 2. The summed E-state index contributed by atoms with van der Waals surface area (Å²) in [7, 11) is 0. The molecule has 180 valence electrons. The van der Waals surface area contributed by atoms with Gasteiger partial charge in [0.1, 0.15) is 0 Å². The molecule has 0 aliphatic rings. The number of rotatable bonds is 8. The first-order valence-electron chi connectivity index (χ1n) is 10.9. The van der Waals surface area contributed by atoms with Gasteiger partial charge in [0.15, 0.2) is 11.5 Å². The molecule has 2 amide bonds. The van der Waals surface area contributed by atoms with Crippen molar-refractivity contribution in [1.82, 2.24) is 5.43 Å². The van der Waals surface area contributed by atoms with E-state index >= 15 is 0 Å². The van der Waals surface area contributed by atoms with Gasteiger partial charge in [-0.05, 0) is 79.1 Å². The van der Waals surface area contributed by atoms with E-state index in [1.165, 1.54) is 6.21 Å². The number of hydrogen-bond donors (Lipinski definition) is 2. The minimum Gasteiger partial charge on any atom is -0.490 e. The molecule has 9 heteroatoms. The van der Waals surface area contributed by atoms with Crippen LogP contribution in [0.3, 0.4) is 0 Å². The van der Waals surface area contributed by atoms with Crippen molar-refractivity contribution in [2.24, 2.45) is 5.10 Å². The number of ether oxygens (including phenoxy) is 2. The molecular formula is C26H24ClN3O5. The van der Waals surface area contributed by atoms with Gasteiger partial charge in [0.2, 0.25) is 0 Å². The number of carbonyl (C=O) groups is 3. The van der Waals surface area contributed by atoms with Crippen LogP contribution in [0.5, 0.6) is 11.5 Å². The van der Waals surface area contributed by atoms with Crippen molar-refractivity contribution in [2.75, 3.05) is 11.9 Å². The van der Waals surface area contributed by atoms with E-state index < -0.39 is 17.8 Å². The molecule has 0 aliphatic carbocycles. The van der Waals surface area contributed by atoms with Crippen LogP contribution in [0.4, 0.5) is 5.69 Å². The number of hydrogen-bond acceptors (Lipinski definition) is 6. The number of nitrogens with zero attached hydrogens (tertiary/aromatic N) is 1. The highest BCUT2D eigenvalue weighted by molar-refractivity contribution is 6.39. The van der Waals surface area contributed by atoms with Crippen LogP contribution >= 0.6 is 11.6 Å². The molecule has 8 nitrogen and oxygen atoms in total. The average Bonchev–Trinajstić information content (AvgIpc) is 2.86. The molecule has 0 atom stereocenters. The molecule has 0 aliphatic heterocycles. The standard InChI is InChI=1S/C26H24ClN3O5/c1-3-17-5-12-21(13-6-17)29-24(31)25(32)30-28-16-18-7-14-22(23(15-18)34-4-2)35-26(33)19-8-10-20(27)11-9-19/h5-16H,3-4H2,1-2H3,(H,29,31)(H,30,32). The van der Waals surface area contributed by atoms with E-state index in [0.717, 1.165) is 12.0 Å². The van der Waals surface area contributed by atoms with Crippen LogP contribution in [-0.4, -0.2) is 30.6 Å². The van der Waals surface area contributed by atoms with E-state index in [-0.39, 0.29) is 5.75 Å². The quantitative estimate of drug-likeness (QED) is 0.157. The zero-order chi connectivity index (χ0) is 25.2. The van der Waals surface area contributed by atoms with E-state index in [9.17, 15) is 14.4 Å². The van der Waals surface area contributed by atoms with Gasteiger partial charge < -0.3 is 14.8 Å². The number of benzene rings is 3. The molecule has 0 spiro atoms. The predicted octanol–water partition coefficient (Wildman–Crippen LogP) is 4.61. The minimum absolute atomic E-state index is 0.224. The van der Waals surface area contributed by atoms with Gasteiger partial charge in [-0.3, -0.25) is 9.59 Å². The maximum Gasteiger partial charge on any atom is 0.343 e. The molecule has 0 saturated carbocycles. The predicted molar refractivity (Wildman–Crippen MR) is 134 cm³/mol. The molecule has 35 heavy (non-hydrogen) atoms. The van der Waals surface area contributed by atoms with E-state index in [1.54, 1.807) is 61.5 Å². The van der Waals surface area contributed by atoms with E-state index in [4.69, 9.17) is 21.1 Å². The number of esters is 1. The third-order valence-corrected chi connectivity index (χ3v) is 5.01. The van der Waals surface area contributed by atoms with Crippen LogP contribution in [0.15, 0.2) is 71.8 Å². The van der Waals surface area contributed by atoms with Crippen molar-refractivity contribution >= 4 is 41.3 Å². The maximum absolute atomic E-state index is 12.4. The summed E-state index contributed by atoms with van der Waals surface area (Å²) < 4.78 is 11.0. The second-order valence-electron chi connectivity index (χ2n) is 7.24. The van der Waals surface area contributed by atoms with Crippen LogP contribution in [0, 0.1) is 0 Å². The van der Waals surface area contributed by atoms with Crippen LogP contribution in [-0.2, 0) is 16.0 Å². The molecule has 0 fully saturated rings. The van der Waals surface area contributed by atoms with E-state index in [2.05, 4.69) is 15.8 Å². The molecule has 3 aromatic carbocycles. The van der Waals surface area contributed by atoms with Crippen molar-refractivity contribution in [2.45, 2.75) is 20.3 Å². The Bertz CT molecular complexity index is 1220. The van der Waals surface area contributed by atoms with Crippen LogP contribution in [0.1, 0.15) is 35.3 Å². The summed E-state index contributed by atoms with van der Waals surface area (Å²) in [5.74, 6) is -1.78. The summed E-state index contributed by atoms with van der Waals surface area (Å²) in [5.41, 5.74) is 4.70. The molecule has 0 saturated heterocycles. The molecule has 3 rings (SSSR count). The lowest BCUT2D eigenvalue weighted by molar-refractivity contribution is -0.136. The van der Waals surface area contributed by atoms with Crippen LogP contribution < -0.4 is 20.2 Å². The molecule has 0 bridgehead atoms. The second-order valence-corrected chi connectivity index (χ2v) is 7.68. The summed E-state index contributed by atoms with van der Waals surface area (Å²) in [6, 6.07) is 18.3. The first-order valence-corrected chi connectivity index (χ1v) is 11.2. The molecule has 0 aromatic heterocycles. The van der Waals surface area contributed by atoms with Gasteiger partial charge in [0, 0.05) is 10.7 Å². The van der Waals surface area contributed by atoms with Crippen molar-refractivity contribution in [3.63, 3.8) is 0 Å². The fourth-order valence-electron chi connectivity index (χ4n) is 2.93. The number of halogens is 1. The van der Waals surface area contributed by atoms with Gasteiger partial charge in [-0.2, -0.15) is 5.10 Å². The first kappa shape index (κ1) is 25.5. The zero-order valence-electron chi connectivity index (χ0n) is 19.2. The Morgan fingerprint density at radius 2 is 1.63 bits per heavy atom. The molecular weight excluding hydrogens is 470 g/mol. The fraction of sp³-hybridized carbons (Fsp3) is 0.154. The summed E-state index contributed by atoms with van der Waals surface area (Å²) in [6.45, 7) is 4.15. The Hall–Kier alpha value is -4.17. The number of amides is 2. The number of hydrazone groups is 1. The normalized spacial score (nSPS) is 10.6. The summed E-state index contributed by atoms with van der Waals surface area (Å²) in [4.78, 5) is 36.5.